The molecule has 2 aromatic rings. The van der Waals surface area contributed by atoms with E-state index < -0.39 is 10.0 Å². The minimum atomic E-state index is -3.12. The zero-order chi connectivity index (χ0) is 17.0. The lowest BCUT2D eigenvalue weighted by Gasteiger charge is -2.34. The molecular formula is C17H24N4O2S. The normalized spacial score (nSPS) is 19.5. The maximum atomic E-state index is 12.3. The van der Waals surface area contributed by atoms with Crippen molar-refractivity contribution in [3.05, 3.63) is 36.5 Å². The summed E-state index contributed by atoms with van der Waals surface area (Å²) in [4.78, 5) is 0. The molecule has 7 heteroatoms. The molecule has 0 saturated carbocycles. The van der Waals surface area contributed by atoms with Crippen molar-refractivity contribution in [3.8, 4) is 11.3 Å². The van der Waals surface area contributed by atoms with Crippen LogP contribution in [-0.4, -0.2) is 46.1 Å². The van der Waals surface area contributed by atoms with Gasteiger partial charge in [0.25, 0.3) is 0 Å². The summed E-state index contributed by atoms with van der Waals surface area (Å²) in [5, 5.41) is 8.40. The zero-order valence-electron chi connectivity index (χ0n) is 14.0. The summed E-state index contributed by atoms with van der Waals surface area (Å²) in [6.07, 6.45) is 5.68. The number of rotatable bonds is 6. The molecule has 1 aromatic carbocycles. The van der Waals surface area contributed by atoms with Gasteiger partial charge in [0.1, 0.15) is 5.69 Å². The number of sulfonamides is 1. The third-order valence-electron chi connectivity index (χ3n) is 4.59. The number of aryl methyl sites for hydroxylation is 1. The van der Waals surface area contributed by atoms with Crippen LogP contribution in [0.5, 0.6) is 0 Å². The second-order valence-electron chi connectivity index (χ2n) is 6.18. The van der Waals surface area contributed by atoms with Crippen molar-refractivity contribution in [1.82, 2.24) is 19.3 Å². The van der Waals surface area contributed by atoms with E-state index in [-0.39, 0.29) is 11.8 Å². The van der Waals surface area contributed by atoms with E-state index in [1.165, 1.54) is 0 Å². The molecule has 0 amide bonds. The van der Waals surface area contributed by atoms with Gasteiger partial charge in [-0.05, 0) is 26.2 Å². The fraction of sp³-hybridized carbons (Fsp3) is 0.529. The summed E-state index contributed by atoms with van der Waals surface area (Å²) in [6.45, 7) is 3.04. The van der Waals surface area contributed by atoms with E-state index in [0.717, 1.165) is 36.9 Å². The molecule has 2 heterocycles. The fourth-order valence-corrected chi connectivity index (χ4v) is 4.63. The molecule has 1 fully saturated rings. The highest BCUT2D eigenvalue weighted by Gasteiger charge is 2.30. The molecule has 1 unspecified atom stereocenters. The maximum absolute atomic E-state index is 12.3. The zero-order valence-corrected chi connectivity index (χ0v) is 14.8. The van der Waals surface area contributed by atoms with E-state index in [1.807, 2.05) is 41.2 Å². The Balaban J connectivity index is 1.65. The van der Waals surface area contributed by atoms with Gasteiger partial charge in [-0.25, -0.2) is 8.42 Å². The molecule has 130 valence electrons. The van der Waals surface area contributed by atoms with Crippen molar-refractivity contribution in [2.24, 2.45) is 0 Å². The van der Waals surface area contributed by atoms with Gasteiger partial charge in [0.05, 0.1) is 11.9 Å². The largest absolute Gasteiger partial charge is 0.252 e. The first-order valence-corrected chi connectivity index (χ1v) is 10.2. The molecular weight excluding hydrogens is 324 g/mol. The van der Waals surface area contributed by atoms with Crippen LogP contribution in [-0.2, 0) is 16.6 Å². The van der Waals surface area contributed by atoms with Crippen molar-refractivity contribution < 1.29 is 8.42 Å². The summed E-state index contributed by atoms with van der Waals surface area (Å²) in [7, 11) is -3.12. The van der Waals surface area contributed by atoms with E-state index in [4.69, 9.17) is 0 Å². The van der Waals surface area contributed by atoms with E-state index in [0.29, 0.717) is 13.1 Å². The van der Waals surface area contributed by atoms with Gasteiger partial charge in [-0.2, -0.15) is 4.31 Å². The minimum Gasteiger partial charge on any atom is -0.252 e. The highest BCUT2D eigenvalue weighted by molar-refractivity contribution is 7.89. The van der Waals surface area contributed by atoms with Crippen molar-refractivity contribution in [3.63, 3.8) is 0 Å². The van der Waals surface area contributed by atoms with Gasteiger partial charge in [0.15, 0.2) is 0 Å². The van der Waals surface area contributed by atoms with Gasteiger partial charge in [-0.3, -0.25) is 4.68 Å². The summed E-state index contributed by atoms with van der Waals surface area (Å²) >= 11 is 0. The third-order valence-corrected chi connectivity index (χ3v) is 6.52. The van der Waals surface area contributed by atoms with Gasteiger partial charge in [0.2, 0.25) is 10.0 Å². The summed E-state index contributed by atoms with van der Waals surface area (Å²) in [5.74, 6) is 0.172. The van der Waals surface area contributed by atoms with Crippen LogP contribution in [0.3, 0.4) is 0 Å². The summed E-state index contributed by atoms with van der Waals surface area (Å²) < 4.78 is 28.0. The van der Waals surface area contributed by atoms with Crippen molar-refractivity contribution in [2.75, 3.05) is 12.3 Å². The topological polar surface area (TPSA) is 68.1 Å². The predicted molar refractivity (Wildman–Crippen MR) is 93.9 cm³/mol. The number of piperidine rings is 1. The molecule has 1 saturated heterocycles. The minimum absolute atomic E-state index is 0.0769. The lowest BCUT2D eigenvalue weighted by molar-refractivity contribution is 0.231. The molecule has 1 aliphatic heterocycles. The molecule has 0 bridgehead atoms. The smallest absolute Gasteiger partial charge is 0.214 e. The van der Waals surface area contributed by atoms with Crippen LogP contribution in [0.25, 0.3) is 11.3 Å². The van der Waals surface area contributed by atoms with Crippen LogP contribution < -0.4 is 0 Å². The first-order valence-electron chi connectivity index (χ1n) is 8.55. The molecule has 24 heavy (non-hydrogen) atoms. The molecule has 0 radical (unpaired) electrons. The number of hydrogen-bond acceptors (Lipinski definition) is 4. The van der Waals surface area contributed by atoms with Gasteiger partial charge in [-0.1, -0.05) is 42.0 Å². The van der Waals surface area contributed by atoms with Crippen LogP contribution in [0.15, 0.2) is 36.5 Å². The second kappa shape index (κ2) is 7.44. The summed E-state index contributed by atoms with van der Waals surface area (Å²) in [5.41, 5.74) is 1.88. The van der Waals surface area contributed by atoms with Crippen LogP contribution in [0.2, 0.25) is 0 Å². The molecule has 1 aliphatic rings. The molecule has 0 spiro atoms. The Hall–Kier alpha value is -1.73. The Bertz CT molecular complexity index is 758. The molecule has 0 aliphatic carbocycles. The van der Waals surface area contributed by atoms with E-state index in [2.05, 4.69) is 10.3 Å². The first-order chi connectivity index (χ1) is 11.6. The van der Waals surface area contributed by atoms with Gasteiger partial charge >= 0.3 is 0 Å². The fourth-order valence-electron chi connectivity index (χ4n) is 3.22. The van der Waals surface area contributed by atoms with Crippen LogP contribution in [0, 0.1) is 0 Å². The van der Waals surface area contributed by atoms with Crippen molar-refractivity contribution in [2.45, 2.75) is 45.2 Å². The van der Waals surface area contributed by atoms with Crippen LogP contribution in [0.1, 0.15) is 32.6 Å². The van der Waals surface area contributed by atoms with Crippen molar-refractivity contribution in [1.29, 1.82) is 0 Å². The molecule has 6 nitrogen and oxygen atoms in total. The Morgan fingerprint density at radius 3 is 2.75 bits per heavy atom. The number of benzene rings is 1. The molecule has 0 N–H and O–H groups in total. The average Bonchev–Trinajstić information content (AvgIpc) is 3.10. The monoisotopic (exact) mass is 348 g/mol. The van der Waals surface area contributed by atoms with Crippen molar-refractivity contribution >= 4 is 10.0 Å². The maximum Gasteiger partial charge on any atom is 0.214 e. The Labute approximate surface area is 143 Å². The lowest BCUT2D eigenvalue weighted by atomic mass is 10.0. The van der Waals surface area contributed by atoms with E-state index in [9.17, 15) is 8.42 Å². The standard InChI is InChI=1S/C17H24N4O2S/c1-2-24(22,23)21-12-7-6-10-16(21)11-13-20-14-17(18-19-20)15-8-4-3-5-9-15/h3-5,8-9,14,16H,2,6-7,10-13H2,1H3. The lowest BCUT2D eigenvalue weighted by Crippen LogP contribution is -2.44. The highest BCUT2D eigenvalue weighted by Crippen LogP contribution is 2.24. The summed E-state index contributed by atoms with van der Waals surface area (Å²) in [6, 6.07) is 10.0. The van der Waals surface area contributed by atoms with Crippen LogP contribution in [0.4, 0.5) is 0 Å². The quantitative estimate of drug-likeness (QED) is 0.804. The highest BCUT2D eigenvalue weighted by atomic mass is 32.2. The van der Waals surface area contributed by atoms with Crippen LogP contribution >= 0.6 is 0 Å². The SMILES string of the molecule is CCS(=O)(=O)N1CCCCC1CCn1cc(-c2ccccc2)nn1. The molecule has 3 rings (SSSR count). The molecule has 1 aromatic heterocycles. The Morgan fingerprint density at radius 2 is 2.00 bits per heavy atom. The second-order valence-corrected chi connectivity index (χ2v) is 8.39. The number of nitrogens with zero attached hydrogens (tertiary/aromatic N) is 4. The van der Waals surface area contributed by atoms with E-state index in [1.54, 1.807) is 11.2 Å². The van der Waals surface area contributed by atoms with Gasteiger partial charge in [-0.15, -0.1) is 5.10 Å². The number of hydrogen-bond donors (Lipinski definition) is 0. The van der Waals surface area contributed by atoms with Gasteiger partial charge < -0.3 is 0 Å². The average molecular weight is 348 g/mol. The predicted octanol–water partition coefficient (Wildman–Crippen LogP) is 2.54. The Morgan fingerprint density at radius 1 is 1.21 bits per heavy atom. The third kappa shape index (κ3) is 3.84. The van der Waals surface area contributed by atoms with E-state index >= 15 is 0 Å². The Kier molecular flexibility index (Phi) is 5.30. The van der Waals surface area contributed by atoms with Gasteiger partial charge in [0, 0.05) is 24.7 Å². The first kappa shape index (κ1) is 17.1. The molecule has 1 atom stereocenters. The number of aromatic nitrogens is 3.